The molecule has 1 aromatic rings. The van der Waals surface area contributed by atoms with Gasteiger partial charge in [-0.3, -0.25) is 9.78 Å². The average Bonchev–Trinajstić information content (AvgIpc) is 2.27. The number of carbonyl (C=O) groups is 1. The second kappa shape index (κ2) is 4.90. The molecular formula is C14H18N2O2. The molecule has 0 amide bonds. The van der Waals surface area contributed by atoms with E-state index in [0.29, 0.717) is 18.4 Å². The maximum Gasteiger partial charge on any atom is 0.163 e. The van der Waals surface area contributed by atoms with Crippen LogP contribution in [0.1, 0.15) is 26.7 Å². The monoisotopic (exact) mass is 246 g/mol. The second-order valence-electron chi connectivity index (χ2n) is 5.47. The number of aliphatic hydroxyl groups excluding tert-OH is 1. The van der Waals surface area contributed by atoms with E-state index in [-0.39, 0.29) is 11.2 Å². The first-order valence-electron chi connectivity index (χ1n) is 6.06. The second-order valence-corrected chi connectivity index (χ2v) is 5.47. The van der Waals surface area contributed by atoms with Gasteiger partial charge in [-0.25, -0.2) is 0 Å². The number of carbonyl (C=O) groups excluding carboxylic acids is 1. The molecule has 1 atom stereocenters. The van der Waals surface area contributed by atoms with Crippen LogP contribution in [0.4, 0.5) is 5.69 Å². The fourth-order valence-electron chi connectivity index (χ4n) is 2.21. The fourth-order valence-corrected chi connectivity index (χ4v) is 2.21. The first-order valence-corrected chi connectivity index (χ1v) is 6.06. The van der Waals surface area contributed by atoms with Crippen molar-refractivity contribution in [2.24, 2.45) is 5.41 Å². The molecule has 0 saturated heterocycles. The van der Waals surface area contributed by atoms with Gasteiger partial charge in [0.1, 0.15) is 0 Å². The van der Waals surface area contributed by atoms with Crippen LogP contribution in [0.2, 0.25) is 0 Å². The Labute approximate surface area is 107 Å². The molecular weight excluding hydrogens is 228 g/mol. The minimum Gasteiger partial charge on any atom is -0.388 e. The zero-order valence-corrected chi connectivity index (χ0v) is 10.7. The number of hydrogen-bond acceptors (Lipinski definition) is 4. The van der Waals surface area contributed by atoms with Gasteiger partial charge in [0.25, 0.3) is 0 Å². The number of nitrogens with one attached hydrogen (secondary N) is 1. The highest BCUT2D eigenvalue weighted by Gasteiger charge is 2.35. The number of nitrogens with zero attached hydrogens (tertiary/aromatic N) is 1. The summed E-state index contributed by atoms with van der Waals surface area (Å²) in [6.07, 6.45) is 5.34. The predicted molar refractivity (Wildman–Crippen MR) is 70.0 cm³/mol. The number of hydrogen-bond donors (Lipinski definition) is 2. The van der Waals surface area contributed by atoms with E-state index in [1.165, 1.54) is 0 Å². The maximum atomic E-state index is 12.0. The van der Waals surface area contributed by atoms with E-state index in [2.05, 4.69) is 10.3 Å². The van der Waals surface area contributed by atoms with E-state index >= 15 is 0 Å². The van der Waals surface area contributed by atoms with Crippen molar-refractivity contribution in [1.29, 1.82) is 0 Å². The Morgan fingerprint density at radius 3 is 2.94 bits per heavy atom. The minimum atomic E-state index is -0.689. The lowest BCUT2D eigenvalue weighted by molar-refractivity contribution is -0.121. The van der Waals surface area contributed by atoms with Crippen LogP contribution in [0.25, 0.3) is 0 Å². The molecule has 0 aliphatic heterocycles. The molecule has 1 aliphatic carbocycles. The molecule has 0 radical (unpaired) electrons. The summed E-state index contributed by atoms with van der Waals surface area (Å²) >= 11 is 0. The summed E-state index contributed by atoms with van der Waals surface area (Å²) in [4.78, 5) is 15.9. The average molecular weight is 246 g/mol. The summed E-state index contributed by atoms with van der Waals surface area (Å²) in [6, 6.07) is 3.66. The van der Waals surface area contributed by atoms with Crippen LogP contribution in [0.15, 0.2) is 36.3 Å². The van der Waals surface area contributed by atoms with Gasteiger partial charge < -0.3 is 10.4 Å². The van der Waals surface area contributed by atoms with Gasteiger partial charge in [0.15, 0.2) is 5.78 Å². The van der Waals surface area contributed by atoms with E-state index in [0.717, 1.165) is 5.69 Å². The summed E-state index contributed by atoms with van der Waals surface area (Å²) in [7, 11) is 0. The zero-order valence-electron chi connectivity index (χ0n) is 10.7. The normalized spacial score (nSPS) is 25.2. The van der Waals surface area contributed by atoms with Crippen molar-refractivity contribution in [3.05, 3.63) is 36.3 Å². The molecule has 0 aromatic carbocycles. The van der Waals surface area contributed by atoms with E-state index in [4.69, 9.17) is 0 Å². The van der Waals surface area contributed by atoms with Gasteiger partial charge in [-0.05, 0) is 24.0 Å². The Balaban J connectivity index is 2.11. The highest BCUT2D eigenvalue weighted by molar-refractivity contribution is 5.97. The van der Waals surface area contributed by atoms with Gasteiger partial charge in [0.05, 0.1) is 18.0 Å². The molecule has 2 rings (SSSR count). The lowest BCUT2D eigenvalue weighted by Crippen LogP contribution is -2.34. The van der Waals surface area contributed by atoms with E-state index in [1.807, 2.05) is 26.0 Å². The topological polar surface area (TPSA) is 62.2 Å². The SMILES string of the molecule is CC1(C)CC(=O)/C(=C\Nc2cccnc2)C(O)C1. The first kappa shape index (κ1) is 12.8. The third-order valence-corrected chi connectivity index (χ3v) is 3.12. The van der Waals surface area contributed by atoms with Crippen LogP contribution in [-0.2, 0) is 4.79 Å². The Morgan fingerprint density at radius 1 is 1.56 bits per heavy atom. The van der Waals surface area contributed by atoms with E-state index in [9.17, 15) is 9.90 Å². The molecule has 4 heteroatoms. The Bertz CT molecular complexity index is 466. The third kappa shape index (κ3) is 2.96. The van der Waals surface area contributed by atoms with Crippen LogP contribution < -0.4 is 5.32 Å². The summed E-state index contributed by atoms with van der Waals surface area (Å²) in [5, 5.41) is 13.0. The Morgan fingerprint density at radius 2 is 2.33 bits per heavy atom. The first-order chi connectivity index (χ1) is 8.48. The zero-order chi connectivity index (χ0) is 13.2. The van der Waals surface area contributed by atoms with Crippen molar-refractivity contribution in [3.8, 4) is 0 Å². The van der Waals surface area contributed by atoms with Crippen molar-refractivity contribution in [1.82, 2.24) is 4.98 Å². The number of anilines is 1. The van der Waals surface area contributed by atoms with E-state index in [1.54, 1.807) is 18.6 Å². The highest BCUT2D eigenvalue weighted by Crippen LogP contribution is 2.35. The van der Waals surface area contributed by atoms with Crippen LogP contribution in [0, 0.1) is 5.41 Å². The summed E-state index contributed by atoms with van der Waals surface area (Å²) in [5.74, 6) is 0.00939. The van der Waals surface area contributed by atoms with Crippen LogP contribution >= 0.6 is 0 Å². The molecule has 1 aliphatic rings. The minimum absolute atomic E-state index is 0.00939. The third-order valence-electron chi connectivity index (χ3n) is 3.12. The maximum absolute atomic E-state index is 12.0. The van der Waals surface area contributed by atoms with Crippen molar-refractivity contribution in [2.75, 3.05) is 5.32 Å². The van der Waals surface area contributed by atoms with Crippen LogP contribution in [0.3, 0.4) is 0 Å². The van der Waals surface area contributed by atoms with Gasteiger partial charge in [0.2, 0.25) is 0 Å². The van der Waals surface area contributed by atoms with Crippen molar-refractivity contribution >= 4 is 11.5 Å². The molecule has 0 spiro atoms. The van der Waals surface area contributed by atoms with Crippen molar-refractivity contribution < 1.29 is 9.90 Å². The summed E-state index contributed by atoms with van der Waals surface area (Å²) < 4.78 is 0. The van der Waals surface area contributed by atoms with Crippen molar-refractivity contribution in [3.63, 3.8) is 0 Å². The van der Waals surface area contributed by atoms with E-state index < -0.39 is 6.10 Å². The predicted octanol–water partition coefficient (Wildman–Crippen LogP) is 2.13. The fraction of sp³-hybridized carbons (Fsp3) is 0.429. The van der Waals surface area contributed by atoms with Crippen LogP contribution in [0.5, 0.6) is 0 Å². The van der Waals surface area contributed by atoms with Crippen molar-refractivity contribution in [2.45, 2.75) is 32.8 Å². The molecule has 2 N–H and O–H groups in total. The lowest BCUT2D eigenvalue weighted by Gasteiger charge is -2.33. The smallest absolute Gasteiger partial charge is 0.163 e. The number of pyridine rings is 1. The molecule has 1 unspecified atom stereocenters. The summed E-state index contributed by atoms with van der Waals surface area (Å²) in [6.45, 7) is 4.00. The van der Waals surface area contributed by atoms with Gasteiger partial charge in [-0.15, -0.1) is 0 Å². The standard InChI is InChI=1S/C14H18N2O2/c1-14(2)6-12(17)11(13(18)7-14)9-16-10-4-3-5-15-8-10/h3-5,8-9,12,16-17H,6-7H2,1-2H3/b11-9-. The molecule has 4 nitrogen and oxygen atoms in total. The number of ketones is 1. The number of Topliss-reactive ketones (excluding diaryl/α,β-unsaturated/α-hetero) is 1. The largest absolute Gasteiger partial charge is 0.388 e. The molecule has 1 aromatic heterocycles. The molecule has 1 heterocycles. The van der Waals surface area contributed by atoms with Gasteiger partial charge in [-0.2, -0.15) is 0 Å². The number of aliphatic hydroxyl groups is 1. The molecule has 1 saturated carbocycles. The molecule has 18 heavy (non-hydrogen) atoms. The lowest BCUT2D eigenvalue weighted by atomic mass is 9.73. The van der Waals surface area contributed by atoms with Gasteiger partial charge in [0, 0.05) is 24.4 Å². The molecule has 1 fully saturated rings. The molecule has 96 valence electrons. The Kier molecular flexibility index (Phi) is 3.48. The number of aromatic nitrogens is 1. The van der Waals surface area contributed by atoms with Crippen LogP contribution in [-0.4, -0.2) is 22.0 Å². The quantitative estimate of drug-likeness (QED) is 0.785. The molecule has 0 bridgehead atoms. The highest BCUT2D eigenvalue weighted by atomic mass is 16.3. The summed E-state index contributed by atoms with van der Waals surface area (Å²) in [5.41, 5.74) is 1.13. The Hall–Kier alpha value is -1.68. The van der Waals surface area contributed by atoms with Gasteiger partial charge in [-0.1, -0.05) is 13.8 Å². The number of rotatable bonds is 2. The van der Waals surface area contributed by atoms with Gasteiger partial charge >= 0.3 is 0 Å².